The highest BCUT2D eigenvalue weighted by Crippen LogP contribution is 2.14. The summed E-state index contributed by atoms with van der Waals surface area (Å²) >= 11 is 0. The first kappa shape index (κ1) is 9.44. The quantitative estimate of drug-likeness (QED) is 0.596. The zero-order valence-corrected chi connectivity index (χ0v) is 7.02. The highest BCUT2D eigenvalue weighted by atomic mass is 16.3. The Morgan fingerprint density at radius 2 is 2.10 bits per heavy atom. The fraction of sp³-hybridized carbons (Fsp3) is 0.556. The zero-order valence-electron chi connectivity index (χ0n) is 7.02. The lowest BCUT2D eigenvalue weighted by Gasteiger charge is -2.17. The Morgan fingerprint density at radius 3 is 2.40 bits per heavy atom. The first-order valence-corrected chi connectivity index (χ1v) is 3.49. The second-order valence-corrected chi connectivity index (χ2v) is 2.97. The summed E-state index contributed by atoms with van der Waals surface area (Å²) in [6.45, 7) is 9.07. The molecule has 0 radical (unpaired) electrons. The molecule has 58 valence electrons. The molecule has 10 heavy (non-hydrogen) atoms. The Labute approximate surface area is 63.1 Å². The second-order valence-electron chi connectivity index (χ2n) is 2.97. The molecule has 0 unspecified atom stereocenters. The predicted molar refractivity (Wildman–Crippen MR) is 44.9 cm³/mol. The van der Waals surface area contributed by atoms with Crippen molar-refractivity contribution in [3.63, 3.8) is 0 Å². The monoisotopic (exact) mass is 140 g/mol. The van der Waals surface area contributed by atoms with Crippen LogP contribution in [0.4, 0.5) is 0 Å². The molecule has 0 atom stereocenters. The molecule has 0 saturated carbocycles. The molecule has 0 aliphatic rings. The smallest absolute Gasteiger partial charge is 0.0798 e. The SMILES string of the molecule is C=CC/C=C(\C)C(C)(C)O. The Balaban J connectivity index is 4.05. The predicted octanol–water partition coefficient (Wildman–Crippen LogP) is 2.28. The lowest BCUT2D eigenvalue weighted by molar-refractivity contribution is 0.119. The van der Waals surface area contributed by atoms with Gasteiger partial charge in [-0.2, -0.15) is 0 Å². The molecule has 0 aromatic heterocycles. The van der Waals surface area contributed by atoms with Gasteiger partial charge in [0.15, 0.2) is 0 Å². The molecule has 1 nitrogen and oxygen atoms in total. The highest BCUT2D eigenvalue weighted by molar-refractivity contribution is 5.11. The van der Waals surface area contributed by atoms with Crippen molar-refractivity contribution >= 4 is 0 Å². The van der Waals surface area contributed by atoms with E-state index >= 15 is 0 Å². The molecule has 1 heteroatoms. The molecule has 0 fully saturated rings. The summed E-state index contributed by atoms with van der Waals surface area (Å²) in [6.07, 6.45) is 4.62. The largest absolute Gasteiger partial charge is 0.386 e. The van der Waals surface area contributed by atoms with Gasteiger partial charge in [0.2, 0.25) is 0 Å². The maximum Gasteiger partial charge on any atom is 0.0798 e. The van der Waals surface area contributed by atoms with Crippen LogP contribution in [-0.2, 0) is 0 Å². The van der Waals surface area contributed by atoms with E-state index in [2.05, 4.69) is 6.58 Å². The Bertz CT molecular complexity index is 137. The molecular formula is C9H16O. The first-order valence-electron chi connectivity index (χ1n) is 3.49. The molecule has 0 aliphatic carbocycles. The number of aliphatic hydroxyl groups is 1. The van der Waals surface area contributed by atoms with Crippen molar-refractivity contribution in [3.8, 4) is 0 Å². The maximum absolute atomic E-state index is 9.41. The van der Waals surface area contributed by atoms with E-state index in [1.54, 1.807) is 13.8 Å². The van der Waals surface area contributed by atoms with Crippen molar-refractivity contribution in [2.24, 2.45) is 0 Å². The van der Waals surface area contributed by atoms with Crippen LogP contribution in [-0.4, -0.2) is 10.7 Å². The minimum absolute atomic E-state index is 0.678. The summed E-state index contributed by atoms with van der Waals surface area (Å²) in [5.74, 6) is 0. The molecule has 0 aromatic carbocycles. The van der Waals surface area contributed by atoms with Crippen LogP contribution in [0.5, 0.6) is 0 Å². The van der Waals surface area contributed by atoms with Crippen LogP contribution >= 0.6 is 0 Å². The van der Waals surface area contributed by atoms with Gasteiger partial charge in [0.25, 0.3) is 0 Å². The second kappa shape index (κ2) is 3.57. The van der Waals surface area contributed by atoms with E-state index in [0.717, 1.165) is 12.0 Å². The topological polar surface area (TPSA) is 20.2 Å². The lowest BCUT2D eigenvalue weighted by atomic mass is 9.99. The molecule has 0 aliphatic heterocycles. The van der Waals surface area contributed by atoms with Crippen molar-refractivity contribution < 1.29 is 5.11 Å². The summed E-state index contributed by atoms with van der Waals surface area (Å²) < 4.78 is 0. The zero-order chi connectivity index (χ0) is 8.20. The van der Waals surface area contributed by atoms with Crippen LogP contribution in [0.3, 0.4) is 0 Å². The minimum atomic E-state index is -0.678. The fourth-order valence-corrected chi connectivity index (χ4v) is 0.510. The van der Waals surface area contributed by atoms with E-state index in [1.165, 1.54) is 0 Å². The first-order chi connectivity index (χ1) is 4.48. The number of hydrogen-bond donors (Lipinski definition) is 1. The van der Waals surface area contributed by atoms with Gasteiger partial charge >= 0.3 is 0 Å². The van der Waals surface area contributed by atoms with Crippen molar-refractivity contribution in [2.75, 3.05) is 0 Å². The van der Waals surface area contributed by atoms with Crippen molar-refractivity contribution in [1.29, 1.82) is 0 Å². The molecule has 0 rings (SSSR count). The number of hydrogen-bond acceptors (Lipinski definition) is 1. The summed E-state index contributed by atoms with van der Waals surface area (Å²) in [5.41, 5.74) is 0.315. The maximum atomic E-state index is 9.41. The standard InChI is InChI=1S/C9H16O/c1-5-6-7-8(2)9(3,4)10/h5,7,10H,1,6H2,2-4H3/b8-7+. The Hall–Kier alpha value is -0.560. The van der Waals surface area contributed by atoms with Crippen molar-refractivity contribution in [2.45, 2.75) is 32.8 Å². The van der Waals surface area contributed by atoms with Crippen LogP contribution in [0.25, 0.3) is 0 Å². The van der Waals surface area contributed by atoms with Crippen LogP contribution in [0.1, 0.15) is 27.2 Å². The molecule has 0 bridgehead atoms. The van der Waals surface area contributed by atoms with Gasteiger partial charge in [0.1, 0.15) is 0 Å². The molecule has 1 N–H and O–H groups in total. The third-order valence-electron chi connectivity index (χ3n) is 1.56. The summed E-state index contributed by atoms with van der Waals surface area (Å²) in [7, 11) is 0. The van der Waals surface area contributed by atoms with Gasteiger partial charge in [0.05, 0.1) is 5.60 Å². The van der Waals surface area contributed by atoms with Crippen molar-refractivity contribution in [1.82, 2.24) is 0 Å². The van der Waals surface area contributed by atoms with E-state index in [-0.39, 0.29) is 0 Å². The fourth-order valence-electron chi connectivity index (χ4n) is 0.510. The van der Waals surface area contributed by atoms with Gasteiger partial charge in [0, 0.05) is 0 Å². The van der Waals surface area contributed by atoms with E-state index < -0.39 is 5.60 Å². The molecule has 0 heterocycles. The summed E-state index contributed by atoms with van der Waals surface area (Å²) in [4.78, 5) is 0. The summed E-state index contributed by atoms with van der Waals surface area (Å²) in [5, 5.41) is 9.41. The Morgan fingerprint density at radius 1 is 1.60 bits per heavy atom. The van der Waals surface area contributed by atoms with Crippen LogP contribution < -0.4 is 0 Å². The number of rotatable bonds is 3. The highest BCUT2D eigenvalue weighted by Gasteiger charge is 2.13. The number of allylic oxidation sites excluding steroid dienone is 2. The lowest BCUT2D eigenvalue weighted by Crippen LogP contribution is -2.19. The average molecular weight is 140 g/mol. The van der Waals surface area contributed by atoms with Crippen molar-refractivity contribution in [3.05, 3.63) is 24.3 Å². The summed E-state index contributed by atoms with van der Waals surface area (Å²) in [6, 6.07) is 0. The molecule has 0 saturated heterocycles. The van der Waals surface area contributed by atoms with Crippen LogP contribution in [0.15, 0.2) is 24.3 Å². The molecular weight excluding hydrogens is 124 g/mol. The van der Waals surface area contributed by atoms with Gasteiger partial charge < -0.3 is 5.11 Å². The van der Waals surface area contributed by atoms with Gasteiger partial charge in [-0.05, 0) is 32.8 Å². The van der Waals surface area contributed by atoms with Gasteiger partial charge in [-0.25, -0.2) is 0 Å². The normalized spacial score (nSPS) is 13.4. The third-order valence-corrected chi connectivity index (χ3v) is 1.56. The van der Waals surface area contributed by atoms with E-state index in [4.69, 9.17) is 0 Å². The minimum Gasteiger partial charge on any atom is -0.386 e. The van der Waals surface area contributed by atoms with Crippen LogP contribution in [0.2, 0.25) is 0 Å². The molecule has 0 amide bonds. The van der Waals surface area contributed by atoms with Gasteiger partial charge in [-0.1, -0.05) is 12.2 Å². The van der Waals surface area contributed by atoms with Crippen LogP contribution in [0, 0.1) is 0 Å². The average Bonchev–Trinajstić information content (AvgIpc) is 1.80. The van der Waals surface area contributed by atoms with E-state index in [1.807, 2.05) is 19.1 Å². The molecule has 0 spiro atoms. The van der Waals surface area contributed by atoms with E-state index in [0.29, 0.717) is 0 Å². The Kier molecular flexibility index (Phi) is 3.37. The molecule has 0 aromatic rings. The van der Waals surface area contributed by atoms with Gasteiger partial charge in [-0.15, -0.1) is 6.58 Å². The van der Waals surface area contributed by atoms with E-state index in [9.17, 15) is 5.11 Å². The van der Waals surface area contributed by atoms with Gasteiger partial charge in [-0.3, -0.25) is 0 Å². The third kappa shape index (κ3) is 3.46.